The highest BCUT2D eigenvalue weighted by molar-refractivity contribution is 9.10. The fourth-order valence-electron chi connectivity index (χ4n) is 1.01. The SMILES string of the molecule is Cc1cccc(CN=C(N)N)c1Br. The Morgan fingerprint density at radius 3 is 2.77 bits per heavy atom. The van der Waals surface area contributed by atoms with Gasteiger partial charge in [0.1, 0.15) is 0 Å². The number of guanidine groups is 1. The van der Waals surface area contributed by atoms with Crippen molar-refractivity contribution in [1.82, 2.24) is 0 Å². The lowest BCUT2D eigenvalue weighted by molar-refractivity contribution is 1.04. The van der Waals surface area contributed by atoms with E-state index in [1.54, 1.807) is 0 Å². The number of nitrogens with zero attached hydrogens (tertiary/aromatic N) is 1. The number of benzene rings is 1. The van der Waals surface area contributed by atoms with Crippen LogP contribution in [0.4, 0.5) is 0 Å². The lowest BCUT2D eigenvalue weighted by Crippen LogP contribution is -2.22. The van der Waals surface area contributed by atoms with Crippen LogP contribution in [-0.4, -0.2) is 5.96 Å². The molecule has 0 amide bonds. The number of rotatable bonds is 2. The molecule has 1 aromatic rings. The van der Waals surface area contributed by atoms with Gasteiger partial charge in [0.2, 0.25) is 0 Å². The lowest BCUT2D eigenvalue weighted by Gasteiger charge is -2.03. The van der Waals surface area contributed by atoms with Crippen LogP contribution >= 0.6 is 15.9 Å². The average molecular weight is 242 g/mol. The first-order valence-electron chi connectivity index (χ1n) is 3.90. The summed E-state index contributed by atoms with van der Waals surface area (Å²) in [4.78, 5) is 3.94. The van der Waals surface area contributed by atoms with Crippen LogP contribution in [0.2, 0.25) is 0 Å². The predicted molar refractivity (Wildman–Crippen MR) is 58.4 cm³/mol. The van der Waals surface area contributed by atoms with Crippen LogP contribution in [0.5, 0.6) is 0 Å². The predicted octanol–water partition coefficient (Wildman–Crippen LogP) is 1.53. The molecule has 4 N–H and O–H groups in total. The van der Waals surface area contributed by atoms with Crippen LogP contribution < -0.4 is 11.5 Å². The molecule has 0 aliphatic carbocycles. The topological polar surface area (TPSA) is 64.4 Å². The molecule has 0 unspecified atom stereocenters. The molecule has 1 rings (SSSR count). The van der Waals surface area contributed by atoms with Gasteiger partial charge in [-0.05, 0) is 18.1 Å². The Bertz CT molecular complexity index is 330. The Hall–Kier alpha value is -1.03. The fraction of sp³-hybridized carbons (Fsp3) is 0.222. The quantitative estimate of drug-likeness (QED) is 0.610. The molecule has 1 aromatic carbocycles. The van der Waals surface area contributed by atoms with Crippen LogP contribution in [0.3, 0.4) is 0 Å². The fourth-order valence-corrected chi connectivity index (χ4v) is 1.40. The molecule has 0 saturated carbocycles. The molecule has 0 spiro atoms. The third kappa shape index (κ3) is 2.73. The summed E-state index contributed by atoms with van der Waals surface area (Å²) in [6.45, 7) is 2.55. The number of hydrogen-bond acceptors (Lipinski definition) is 1. The van der Waals surface area contributed by atoms with Gasteiger partial charge >= 0.3 is 0 Å². The molecule has 0 fully saturated rings. The first kappa shape index (κ1) is 10.1. The van der Waals surface area contributed by atoms with E-state index in [9.17, 15) is 0 Å². The van der Waals surface area contributed by atoms with Gasteiger partial charge in [0.25, 0.3) is 0 Å². The van der Waals surface area contributed by atoms with Crippen molar-refractivity contribution < 1.29 is 0 Å². The normalized spacial score (nSPS) is 9.69. The lowest BCUT2D eigenvalue weighted by atomic mass is 10.1. The van der Waals surface area contributed by atoms with Crippen molar-refractivity contribution in [2.24, 2.45) is 16.5 Å². The molecular formula is C9H12BrN3. The maximum absolute atomic E-state index is 5.24. The van der Waals surface area contributed by atoms with E-state index in [2.05, 4.69) is 20.9 Å². The molecule has 0 radical (unpaired) electrons. The van der Waals surface area contributed by atoms with Crippen molar-refractivity contribution in [3.05, 3.63) is 33.8 Å². The summed E-state index contributed by atoms with van der Waals surface area (Å²) < 4.78 is 1.07. The standard InChI is InChI=1S/C9H12BrN3/c1-6-3-2-4-7(8(6)10)5-13-9(11)12/h2-4H,5H2,1H3,(H4,11,12,13). The van der Waals surface area contributed by atoms with Crippen LogP contribution in [0.1, 0.15) is 11.1 Å². The Balaban J connectivity index is 2.89. The highest BCUT2D eigenvalue weighted by atomic mass is 79.9. The second-order valence-corrected chi connectivity index (χ2v) is 3.58. The summed E-state index contributed by atoms with van der Waals surface area (Å²) in [6, 6.07) is 6.00. The van der Waals surface area contributed by atoms with E-state index in [-0.39, 0.29) is 5.96 Å². The Kier molecular flexibility index (Phi) is 3.31. The van der Waals surface area contributed by atoms with Crippen LogP contribution in [-0.2, 0) is 6.54 Å². The van der Waals surface area contributed by atoms with E-state index in [1.165, 1.54) is 5.56 Å². The van der Waals surface area contributed by atoms with Crippen molar-refractivity contribution in [1.29, 1.82) is 0 Å². The maximum Gasteiger partial charge on any atom is 0.186 e. The summed E-state index contributed by atoms with van der Waals surface area (Å²) in [7, 11) is 0. The van der Waals surface area contributed by atoms with Gasteiger partial charge < -0.3 is 11.5 Å². The van der Waals surface area contributed by atoms with Crippen LogP contribution in [0.15, 0.2) is 27.7 Å². The molecule has 0 aliphatic heterocycles. The average Bonchev–Trinajstić information content (AvgIpc) is 2.07. The van der Waals surface area contributed by atoms with Crippen molar-refractivity contribution in [2.45, 2.75) is 13.5 Å². The Morgan fingerprint density at radius 2 is 2.15 bits per heavy atom. The van der Waals surface area contributed by atoms with E-state index in [4.69, 9.17) is 11.5 Å². The van der Waals surface area contributed by atoms with Gasteiger partial charge in [0.15, 0.2) is 5.96 Å². The van der Waals surface area contributed by atoms with Gasteiger partial charge in [-0.2, -0.15) is 0 Å². The van der Waals surface area contributed by atoms with Crippen LogP contribution in [0.25, 0.3) is 0 Å². The zero-order valence-electron chi connectivity index (χ0n) is 7.42. The van der Waals surface area contributed by atoms with E-state index in [0.717, 1.165) is 10.0 Å². The Labute approximate surface area is 86.0 Å². The summed E-state index contributed by atoms with van der Waals surface area (Å²) in [6.07, 6.45) is 0. The molecule has 70 valence electrons. The van der Waals surface area contributed by atoms with E-state index < -0.39 is 0 Å². The number of nitrogens with two attached hydrogens (primary N) is 2. The van der Waals surface area contributed by atoms with Crippen molar-refractivity contribution in [3.8, 4) is 0 Å². The molecule has 0 aromatic heterocycles. The molecule has 13 heavy (non-hydrogen) atoms. The van der Waals surface area contributed by atoms with Gasteiger partial charge in [-0.1, -0.05) is 34.1 Å². The first-order valence-corrected chi connectivity index (χ1v) is 4.70. The molecule has 0 bridgehead atoms. The zero-order chi connectivity index (χ0) is 9.84. The smallest absolute Gasteiger partial charge is 0.186 e. The summed E-state index contributed by atoms with van der Waals surface area (Å²) in [5.41, 5.74) is 12.8. The van der Waals surface area contributed by atoms with Crippen LogP contribution in [0, 0.1) is 6.92 Å². The first-order chi connectivity index (χ1) is 6.11. The maximum atomic E-state index is 5.24. The molecule has 3 nitrogen and oxygen atoms in total. The number of aliphatic imine (C=N–C) groups is 1. The van der Waals surface area contributed by atoms with Crippen molar-refractivity contribution >= 4 is 21.9 Å². The van der Waals surface area contributed by atoms with Gasteiger partial charge in [0.05, 0.1) is 6.54 Å². The Morgan fingerprint density at radius 1 is 1.46 bits per heavy atom. The number of hydrogen-bond donors (Lipinski definition) is 2. The largest absolute Gasteiger partial charge is 0.370 e. The zero-order valence-corrected chi connectivity index (χ0v) is 9.01. The summed E-state index contributed by atoms with van der Waals surface area (Å²) >= 11 is 3.48. The van der Waals surface area contributed by atoms with E-state index in [0.29, 0.717) is 6.54 Å². The highest BCUT2D eigenvalue weighted by Gasteiger charge is 2.00. The van der Waals surface area contributed by atoms with Gasteiger partial charge in [-0.3, -0.25) is 0 Å². The number of halogens is 1. The molecule has 0 atom stereocenters. The third-order valence-corrected chi connectivity index (χ3v) is 2.84. The van der Waals surface area contributed by atoms with Gasteiger partial charge in [0, 0.05) is 4.47 Å². The molecular weight excluding hydrogens is 230 g/mol. The minimum Gasteiger partial charge on any atom is -0.370 e. The van der Waals surface area contributed by atoms with E-state index >= 15 is 0 Å². The van der Waals surface area contributed by atoms with Gasteiger partial charge in [-0.15, -0.1) is 0 Å². The van der Waals surface area contributed by atoms with E-state index in [1.807, 2.05) is 25.1 Å². The minimum atomic E-state index is 0.119. The molecule has 0 saturated heterocycles. The highest BCUT2D eigenvalue weighted by Crippen LogP contribution is 2.21. The third-order valence-electron chi connectivity index (χ3n) is 1.70. The number of aryl methyl sites for hydroxylation is 1. The molecule has 0 aliphatic rings. The monoisotopic (exact) mass is 241 g/mol. The second-order valence-electron chi connectivity index (χ2n) is 2.79. The second kappa shape index (κ2) is 4.28. The summed E-state index contributed by atoms with van der Waals surface area (Å²) in [5, 5.41) is 0. The van der Waals surface area contributed by atoms with Crippen molar-refractivity contribution in [3.63, 3.8) is 0 Å². The molecule has 0 heterocycles. The minimum absolute atomic E-state index is 0.119. The van der Waals surface area contributed by atoms with Gasteiger partial charge in [-0.25, -0.2) is 4.99 Å². The van der Waals surface area contributed by atoms with Crippen molar-refractivity contribution in [2.75, 3.05) is 0 Å². The summed E-state index contributed by atoms with van der Waals surface area (Å²) in [5.74, 6) is 0.119. The molecule has 4 heteroatoms.